The predicted molar refractivity (Wildman–Crippen MR) is 178 cm³/mol. The largest absolute Gasteiger partial charge is 0.477 e. The molecule has 1 aliphatic heterocycles. The van der Waals surface area contributed by atoms with Gasteiger partial charge >= 0.3 is 5.97 Å². The molecule has 0 bridgehead atoms. The zero-order valence-corrected chi connectivity index (χ0v) is 25.7. The molecular formula is C38H30FN3O3S. The number of aromatic nitrogens is 2. The van der Waals surface area contributed by atoms with Crippen molar-refractivity contribution in [3.05, 3.63) is 158 Å². The van der Waals surface area contributed by atoms with Gasteiger partial charge in [0.25, 0.3) is 0 Å². The number of hydrogen-bond donors (Lipinski definition) is 1. The number of rotatable bonds is 7. The summed E-state index contributed by atoms with van der Waals surface area (Å²) in [4.78, 5) is 33.9. The molecule has 1 fully saturated rings. The third-order valence-corrected chi connectivity index (χ3v) is 10.5. The fraction of sp³-hybridized carbons (Fsp3) is 0.184. The van der Waals surface area contributed by atoms with Crippen molar-refractivity contribution < 1.29 is 14.3 Å². The van der Waals surface area contributed by atoms with Crippen molar-refractivity contribution >= 4 is 28.3 Å². The number of thiophene rings is 1. The van der Waals surface area contributed by atoms with E-state index in [0.29, 0.717) is 17.1 Å². The summed E-state index contributed by atoms with van der Waals surface area (Å²) in [6, 6.07) is 35.1. The maximum atomic E-state index is 15.8. The molecule has 0 amide bonds. The summed E-state index contributed by atoms with van der Waals surface area (Å²) >= 11 is 1.54. The van der Waals surface area contributed by atoms with Crippen LogP contribution < -0.4 is 5.43 Å². The van der Waals surface area contributed by atoms with Crippen LogP contribution in [-0.4, -0.2) is 32.1 Å². The van der Waals surface area contributed by atoms with E-state index in [2.05, 4.69) is 77.7 Å². The van der Waals surface area contributed by atoms with Crippen molar-refractivity contribution in [3.8, 4) is 10.6 Å². The third kappa shape index (κ3) is 4.59. The van der Waals surface area contributed by atoms with Crippen LogP contribution >= 0.6 is 11.3 Å². The van der Waals surface area contributed by atoms with Gasteiger partial charge in [0.15, 0.2) is 5.82 Å². The number of carbonyl (C=O) groups is 1. The number of aromatic carboxylic acids is 1. The third-order valence-electron chi connectivity index (χ3n) is 9.28. The lowest BCUT2D eigenvalue weighted by molar-refractivity contribution is 0.0695. The first-order valence-electron chi connectivity index (χ1n) is 15.5. The zero-order chi connectivity index (χ0) is 31.4. The van der Waals surface area contributed by atoms with Gasteiger partial charge in [-0.2, -0.15) is 0 Å². The average molecular weight is 628 g/mol. The lowest BCUT2D eigenvalue weighted by Crippen LogP contribution is -2.49. The van der Waals surface area contributed by atoms with Crippen molar-refractivity contribution in [2.45, 2.75) is 37.4 Å². The highest BCUT2D eigenvalue weighted by atomic mass is 32.1. The van der Waals surface area contributed by atoms with Gasteiger partial charge in [0.2, 0.25) is 5.43 Å². The molecule has 1 saturated carbocycles. The van der Waals surface area contributed by atoms with Gasteiger partial charge in [0, 0.05) is 30.2 Å². The molecule has 4 heterocycles. The van der Waals surface area contributed by atoms with Gasteiger partial charge in [-0.15, -0.1) is 11.3 Å². The second-order valence-electron chi connectivity index (χ2n) is 12.0. The summed E-state index contributed by atoms with van der Waals surface area (Å²) < 4.78 is 17.5. The molecule has 0 radical (unpaired) electrons. The van der Waals surface area contributed by atoms with Crippen LogP contribution in [0.1, 0.15) is 56.4 Å². The average Bonchev–Trinajstić information content (AvgIpc) is 3.84. The number of halogens is 1. The predicted octanol–water partition coefficient (Wildman–Crippen LogP) is 7.65. The molecule has 6 nitrogen and oxygen atoms in total. The Morgan fingerprint density at radius 2 is 1.48 bits per heavy atom. The van der Waals surface area contributed by atoms with Crippen LogP contribution in [0.2, 0.25) is 0 Å². The number of carboxylic acids is 1. The number of pyridine rings is 2. The normalized spacial score (nSPS) is 15.2. The number of nitrogens with zero attached hydrogens (tertiary/aromatic N) is 3. The van der Waals surface area contributed by atoms with Crippen molar-refractivity contribution in [2.24, 2.45) is 0 Å². The molecule has 0 saturated heterocycles. The molecule has 1 N–H and O–H groups in total. The maximum Gasteiger partial charge on any atom is 0.341 e. The first kappa shape index (κ1) is 28.5. The maximum absolute atomic E-state index is 15.8. The highest BCUT2D eigenvalue weighted by molar-refractivity contribution is 7.15. The van der Waals surface area contributed by atoms with Crippen LogP contribution in [0.15, 0.2) is 114 Å². The Bertz CT molecular complexity index is 2060. The molecule has 3 aromatic carbocycles. The van der Waals surface area contributed by atoms with Crippen LogP contribution in [0.5, 0.6) is 0 Å². The van der Waals surface area contributed by atoms with Crippen molar-refractivity contribution in [2.75, 3.05) is 6.54 Å². The molecule has 6 aromatic rings. The standard InChI is InChI=1S/C38H30FN3O3S/c39-31-21-29-35(43)30(37(44)45)23-42(28-16-17-28)36(29)40-34(31)33-20-24-22-41(19-18-32(24)46-33)38(25-10-4-1-5-11-25,26-12-6-2-7-13-26)27-14-8-3-9-15-27/h1-15,20-21,23,28H,16-19,22H2,(H,44,45). The van der Waals surface area contributed by atoms with Crippen LogP contribution in [0, 0.1) is 5.82 Å². The molecule has 0 spiro atoms. The molecule has 8 heteroatoms. The highest BCUT2D eigenvalue weighted by Gasteiger charge is 2.43. The minimum absolute atomic E-state index is 0.00101. The number of fused-ring (bicyclic) bond motifs is 2. The van der Waals surface area contributed by atoms with E-state index in [0.717, 1.165) is 31.4 Å². The van der Waals surface area contributed by atoms with Gasteiger partial charge in [-0.25, -0.2) is 14.2 Å². The first-order chi connectivity index (χ1) is 22.4. The second kappa shape index (κ2) is 11.2. The van der Waals surface area contributed by atoms with Gasteiger partial charge in [0.05, 0.1) is 15.8 Å². The number of benzene rings is 3. The molecule has 0 atom stereocenters. The Hall–Kier alpha value is -4.92. The Morgan fingerprint density at radius 3 is 2.02 bits per heavy atom. The van der Waals surface area contributed by atoms with E-state index in [4.69, 9.17) is 4.98 Å². The van der Waals surface area contributed by atoms with Gasteiger partial charge in [0.1, 0.15) is 16.9 Å². The van der Waals surface area contributed by atoms with E-state index >= 15 is 4.39 Å². The highest BCUT2D eigenvalue weighted by Crippen LogP contribution is 2.46. The Morgan fingerprint density at radius 1 is 0.891 bits per heavy atom. The summed E-state index contributed by atoms with van der Waals surface area (Å²) in [6.07, 6.45) is 3.88. The summed E-state index contributed by atoms with van der Waals surface area (Å²) in [7, 11) is 0. The Kier molecular flexibility index (Phi) is 6.92. The van der Waals surface area contributed by atoms with E-state index in [-0.39, 0.29) is 22.7 Å². The monoisotopic (exact) mass is 627 g/mol. The van der Waals surface area contributed by atoms with Crippen LogP contribution in [0.25, 0.3) is 21.6 Å². The Balaban J connectivity index is 1.25. The second-order valence-corrected chi connectivity index (χ2v) is 13.2. The molecule has 1 aliphatic carbocycles. The molecule has 0 unspecified atom stereocenters. The zero-order valence-electron chi connectivity index (χ0n) is 24.9. The summed E-state index contributed by atoms with van der Waals surface area (Å²) in [6.45, 7) is 1.44. The topological polar surface area (TPSA) is 75.4 Å². The first-order valence-corrected chi connectivity index (χ1v) is 16.3. The van der Waals surface area contributed by atoms with Gasteiger partial charge in [-0.1, -0.05) is 91.0 Å². The quantitative estimate of drug-likeness (QED) is 0.184. The summed E-state index contributed by atoms with van der Waals surface area (Å²) in [5, 5.41) is 9.61. The van der Waals surface area contributed by atoms with Gasteiger partial charge in [-0.05, 0) is 53.6 Å². The van der Waals surface area contributed by atoms with Crippen LogP contribution in [-0.2, 0) is 18.5 Å². The van der Waals surface area contributed by atoms with E-state index in [1.807, 2.05) is 24.3 Å². The summed E-state index contributed by atoms with van der Waals surface area (Å²) in [5.41, 5.74) is 3.54. The van der Waals surface area contributed by atoms with E-state index in [1.54, 1.807) is 15.9 Å². The van der Waals surface area contributed by atoms with E-state index in [9.17, 15) is 14.7 Å². The van der Waals surface area contributed by atoms with E-state index < -0.39 is 22.8 Å². The molecule has 8 rings (SSSR count). The van der Waals surface area contributed by atoms with Crippen molar-refractivity contribution in [1.29, 1.82) is 0 Å². The fourth-order valence-corrected chi connectivity index (χ4v) is 8.18. The fourth-order valence-electron chi connectivity index (χ4n) is 7.03. The van der Waals surface area contributed by atoms with Crippen molar-refractivity contribution in [1.82, 2.24) is 14.5 Å². The molecule has 2 aliphatic rings. The lowest BCUT2D eigenvalue weighted by atomic mass is 9.74. The molecular weight excluding hydrogens is 598 g/mol. The van der Waals surface area contributed by atoms with Crippen LogP contribution in [0.3, 0.4) is 0 Å². The van der Waals surface area contributed by atoms with Gasteiger partial charge < -0.3 is 9.67 Å². The summed E-state index contributed by atoms with van der Waals surface area (Å²) in [5.74, 6) is -1.95. The van der Waals surface area contributed by atoms with Crippen molar-refractivity contribution in [3.63, 3.8) is 0 Å². The Labute approximate surface area is 269 Å². The smallest absolute Gasteiger partial charge is 0.341 e. The SMILES string of the molecule is O=C(O)c1cn(C2CC2)c2nc(-c3cc4c(s3)CCN(C(c3ccccc3)(c3ccccc3)c3ccccc3)C4)c(F)cc2c1=O. The van der Waals surface area contributed by atoms with Gasteiger partial charge in [-0.3, -0.25) is 9.69 Å². The molecule has 3 aromatic heterocycles. The lowest BCUT2D eigenvalue weighted by Gasteiger charge is -2.47. The number of carboxylic acid groups (broad SMARTS) is 1. The minimum Gasteiger partial charge on any atom is -0.477 e. The molecule has 46 heavy (non-hydrogen) atoms. The van der Waals surface area contributed by atoms with Crippen LogP contribution in [0.4, 0.5) is 4.39 Å². The van der Waals surface area contributed by atoms with E-state index in [1.165, 1.54) is 33.8 Å². The number of hydrogen-bond acceptors (Lipinski definition) is 5. The molecule has 228 valence electrons. The minimum atomic E-state index is -1.32.